The second-order valence-electron chi connectivity index (χ2n) is 5.22. The van der Waals surface area contributed by atoms with Crippen molar-refractivity contribution in [2.75, 3.05) is 12.3 Å². The molecule has 92 valence electrons. The van der Waals surface area contributed by atoms with E-state index in [1.165, 1.54) is 12.8 Å². The minimum Gasteiger partial charge on any atom is -0.399 e. The van der Waals surface area contributed by atoms with Crippen LogP contribution in [0.2, 0.25) is 0 Å². The molecule has 1 amide bonds. The van der Waals surface area contributed by atoms with Gasteiger partial charge in [-0.3, -0.25) is 4.79 Å². The normalized spacial score (nSPS) is 15.0. The van der Waals surface area contributed by atoms with E-state index in [0.717, 1.165) is 16.8 Å². The molecule has 0 radical (unpaired) electrons. The molecule has 0 aliphatic heterocycles. The van der Waals surface area contributed by atoms with Crippen LogP contribution in [-0.4, -0.2) is 12.5 Å². The third-order valence-electron chi connectivity index (χ3n) is 3.01. The largest absolute Gasteiger partial charge is 0.399 e. The molecular weight excluding hydrogens is 212 g/mol. The molecular formula is C14H20N2O. The third kappa shape index (κ3) is 2.99. The number of nitrogen functional groups attached to an aromatic ring is 1. The van der Waals surface area contributed by atoms with Gasteiger partial charge in [-0.05, 0) is 48.4 Å². The molecule has 1 aliphatic rings. The van der Waals surface area contributed by atoms with Crippen molar-refractivity contribution in [3.05, 3.63) is 29.3 Å². The van der Waals surface area contributed by atoms with Gasteiger partial charge in [0, 0.05) is 17.8 Å². The molecule has 0 unspecified atom stereocenters. The number of hydrogen-bond donors (Lipinski definition) is 2. The Balaban J connectivity index is 2.16. The summed E-state index contributed by atoms with van der Waals surface area (Å²) in [5, 5.41) is 2.96. The van der Waals surface area contributed by atoms with Crippen molar-refractivity contribution in [3.63, 3.8) is 0 Å². The van der Waals surface area contributed by atoms with Crippen molar-refractivity contribution in [2.24, 2.45) is 5.92 Å². The SMILES string of the molecule is CC(C)CNC(=O)c1ccc(N)cc1C1CC1. The Bertz CT molecular complexity index is 422. The highest BCUT2D eigenvalue weighted by molar-refractivity contribution is 5.96. The maximum Gasteiger partial charge on any atom is 0.251 e. The predicted octanol–water partition coefficient (Wildman–Crippen LogP) is 2.53. The first-order valence-corrected chi connectivity index (χ1v) is 6.25. The van der Waals surface area contributed by atoms with Crippen molar-refractivity contribution in [3.8, 4) is 0 Å². The van der Waals surface area contributed by atoms with Crippen LogP contribution in [0.3, 0.4) is 0 Å². The second-order valence-corrected chi connectivity index (χ2v) is 5.22. The van der Waals surface area contributed by atoms with Gasteiger partial charge in [-0.1, -0.05) is 13.8 Å². The smallest absolute Gasteiger partial charge is 0.251 e. The van der Waals surface area contributed by atoms with Gasteiger partial charge in [0.15, 0.2) is 0 Å². The Hall–Kier alpha value is -1.51. The highest BCUT2D eigenvalue weighted by Crippen LogP contribution is 2.42. The first-order valence-electron chi connectivity index (χ1n) is 6.25. The summed E-state index contributed by atoms with van der Waals surface area (Å²) in [4.78, 5) is 12.1. The van der Waals surface area contributed by atoms with Crippen LogP contribution in [-0.2, 0) is 0 Å². The lowest BCUT2D eigenvalue weighted by molar-refractivity contribution is 0.0948. The van der Waals surface area contributed by atoms with Gasteiger partial charge >= 0.3 is 0 Å². The first-order chi connectivity index (χ1) is 8.08. The number of rotatable bonds is 4. The van der Waals surface area contributed by atoms with Gasteiger partial charge in [0.2, 0.25) is 0 Å². The minimum atomic E-state index is 0.0283. The lowest BCUT2D eigenvalue weighted by atomic mass is 10.0. The Morgan fingerprint density at radius 3 is 2.76 bits per heavy atom. The lowest BCUT2D eigenvalue weighted by Gasteiger charge is -2.11. The summed E-state index contributed by atoms with van der Waals surface area (Å²) in [7, 11) is 0. The van der Waals surface area contributed by atoms with Crippen LogP contribution in [0.15, 0.2) is 18.2 Å². The van der Waals surface area contributed by atoms with E-state index in [4.69, 9.17) is 5.73 Å². The van der Waals surface area contributed by atoms with E-state index in [2.05, 4.69) is 19.2 Å². The van der Waals surface area contributed by atoms with E-state index in [9.17, 15) is 4.79 Å². The van der Waals surface area contributed by atoms with Crippen LogP contribution in [0.4, 0.5) is 5.69 Å². The number of nitrogens with two attached hydrogens (primary N) is 1. The molecule has 0 atom stereocenters. The Morgan fingerprint density at radius 2 is 2.18 bits per heavy atom. The van der Waals surface area contributed by atoms with E-state index in [1.807, 2.05) is 12.1 Å². The van der Waals surface area contributed by atoms with Gasteiger partial charge in [0.1, 0.15) is 0 Å². The summed E-state index contributed by atoms with van der Waals surface area (Å²) in [5.41, 5.74) is 8.44. The Morgan fingerprint density at radius 1 is 1.47 bits per heavy atom. The lowest BCUT2D eigenvalue weighted by Crippen LogP contribution is -2.28. The van der Waals surface area contributed by atoms with Crippen LogP contribution in [0.25, 0.3) is 0 Å². The van der Waals surface area contributed by atoms with E-state index in [0.29, 0.717) is 18.4 Å². The number of carbonyl (C=O) groups is 1. The minimum absolute atomic E-state index is 0.0283. The zero-order valence-corrected chi connectivity index (χ0v) is 10.5. The van der Waals surface area contributed by atoms with Crippen molar-refractivity contribution < 1.29 is 4.79 Å². The molecule has 0 spiro atoms. The van der Waals surface area contributed by atoms with Crippen LogP contribution < -0.4 is 11.1 Å². The zero-order chi connectivity index (χ0) is 12.4. The Kier molecular flexibility index (Phi) is 3.36. The van der Waals surface area contributed by atoms with Crippen molar-refractivity contribution in [1.29, 1.82) is 0 Å². The first kappa shape index (κ1) is 12.0. The molecule has 3 heteroatoms. The van der Waals surface area contributed by atoms with Crippen LogP contribution in [0, 0.1) is 5.92 Å². The molecule has 2 rings (SSSR count). The third-order valence-corrected chi connectivity index (χ3v) is 3.01. The number of amides is 1. The fourth-order valence-electron chi connectivity index (χ4n) is 1.91. The molecule has 1 fully saturated rings. The standard InChI is InChI=1S/C14H20N2O/c1-9(2)8-16-14(17)12-6-5-11(15)7-13(12)10-3-4-10/h5-7,9-10H,3-4,8,15H2,1-2H3,(H,16,17). The topological polar surface area (TPSA) is 55.1 Å². The summed E-state index contributed by atoms with van der Waals surface area (Å²) in [5.74, 6) is 1.04. The molecule has 0 aromatic heterocycles. The molecule has 17 heavy (non-hydrogen) atoms. The highest BCUT2D eigenvalue weighted by atomic mass is 16.1. The predicted molar refractivity (Wildman–Crippen MR) is 70.0 cm³/mol. The molecule has 3 N–H and O–H groups in total. The monoisotopic (exact) mass is 232 g/mol. The quantitative estimate of drug-likeness (QED) is 0.784. The van der Waals surface area contributed by atoms with E-state index in [1.54, 1.807) is 6.07 Å². The summed E-state index contributed by atoms with van der Waals surface area (Å²) in [6, 6.07) is 5.59. The number of hydrogen-bond acceptors (Lipinski definition) is 2. The van der Waals surface area contributed by atoms with Gasteiger partial charge in [-0.2, -0.15) is 0 Å². The van der Waals surface area contributed by atoms with Gasteiger partial charge in [0.25, 0.3) is 5.91 Å². The molecule has 1 aliphatic carbocycles. The second kappa shape index (κ2) is 4.78. The number of benzene rings is 1. The van der Waals surface area contributed by atoms with Crippen LogP contribution >= 0.6 is 0 Å². The Labute approximate surface area is 102 Å². The maximum atomic E-state index is 12.1. The zero-order valence-electron chi connectivity index (χ0n) is 10.5. The molecule has 1 aromatic carbocycles. The van der Waals surface area contributed by atoms with E-state index < -0.39 is 0 Å². The summed E-state index contributed by atoms with van der Waals surface area (Å²) < 4.78 is 0. The number of anilines is 1. The number of carbonyl (C=O) groups excluding carboxylic acids is 1. The van der Waals surface area contributed by atoms with Gasteiger partial charge in [-0.15, -0.1) is 0 Å². The van der Waals surface area contributed by atoms with Gasteiger partial charge in [-0.25, -0.2) is 0 Å². The molecule has 1 aromatic rings. The molecule has 0 heterocycles. The van der Waals surface area contributed by atoms with Crippen LogP contribution in [0.1, 0.15) is 48.5 Å². The highest BCUT2D eigenvalue weighted by Gasteiger charge is 2.28. The van der Waals surface area contributed by atoms with Crippen molar-refractivity contribution in [2.45, 2.75) is 32.6 Å². The molecule has 1 saturated carbocycles. The van der Waals surface area contributed by atoms with Gasteiger partial charge < -0.3 is 11.1 Å². The van der Waals surface area contributed by atoms with Gasteiger partial charge in [0.05, 0.1) is 0 Å². The van der Waals surface area contributed by atoms with E-state index >= 15 is 0 Å². The average Bonchev–Trinajstić information content (AvgIpc) is 3.09. The molecule has 3 nitrogen and oxygen atoms in total. The fourth-order valence-corrected chi connectivity index (χ4v) is 1.91. The summed E-state index contributed by atoms with van der Waals surface area (Å²) in [6.07, 6.45) is 2.35. The number of nitrogens with one attached hydrogen (secondary N) is 1. The maximum absolute atomic E-state index is 12.1. The average molecular weight is 232 g/mol. The van der Waals surface area contributed by atoms with E-state index in [-0.39, 0.29) is 5.91 Å². The van der Waals surface area contributed by atoms with Crippen LogP contribution in [0.5, 0.6) is 0 Å². The fraction of sp³-hybridized carbons (Fsp3) is 0.500. The summed E-state index contributed by atoms with van der Waals surface area (Å²) >= 11 is 0. The molecule has 0 bridgehead atoms. The van der Waals surface area contributed by atoms with Crippen molar-refractivity contribution >= 4 is 11.6 Å². The molecule has 0 saturated heterocycles. The summed E-state index contributed by atoms with van der Waals surface area (Å²) in [6.45, 7) is 4.89. The van der Waals surface area contributed by atoms with Crippen molar-refractivity contribution in [1.82, 2.24) is 5.32 Å².